The zero-order valence-corrected chi connectivity index (χ0v) is 13.2. The molecule has 6 nitrogen and oxygen atoms in total. The lowest BCUT2D eigenvalue weighted by Crippen LogP contribution is -2.32. The van der Waals surface area contributed by atoms with Crippen molar-refractivity contribution in [2.75, 3.05) is 25.0 Å². The molecule has 1 saturated heterocycles. The summed E-state index contributed by atoms with van der Waals surface area (Å²) in [5.41, 5.74) is 0.429. The molecule has 120 valence electrons. The SMILES string of the molecule is O=C1CCOc2ccc(S(=O)(=O)N3CCCCCC3)cc2N1. The highest BCUT2D eigenvalue weighted by Gasteiger charge is 2.26. The van der Waals surface area contributed by atoms with E-state index in [-0.39, 0.29) is 17.2 Å². The number of hydrogen-bond acceptors (Lipinski definition) is 4. The molecular weight excluding hydrogens is 304 g/mol. The van der Waals surface area contributed by atoms with E-state index in [0.29, 0.717) is 31.1 Å². The number of nitrogens with zero attached hydrogens (tertiary/aromatic N) is 1. The van der Waals surface area contributed by atoms with E-state index in [4.69, 9.17) is 4.74 Å². The average molecular weight is 324 g/mol. The number of sulfonamides is 1. The molecule has 3 rings (SSSR count). The van der Waals surface area contributed by atoms with E-state index in [0.717, 1.165) is 25.7 Å². The van der Waals surface area contributed by atoms with E-state index in [1.807, 2.05) is 0 Å². The topological polar surface area (TPSA) is 75.7 Å². The zero-order chi connectivity index (χ0) is 15.6. The maximum Gasteiger partial charge on any atom is 0.243 e. The van der Waals surface area contributed by atoms with Crippen LogP contribution in [-0.4, -0.2) is 38.3 Å². The predicted octanol–water partition coefficient (Wildman–Crippen LogP) is 1.97. The number of benzene rings is 1. The lowest BCUT2D eigenvalue weighted by atomic mass is 10.2. The van der Waals surface area contributed by atoms with Crippen LogP contribution >= 0.6 is 0 Å². The number of nitrogens with one attached hydrogen (secondary N) is 1. The average Bonchev–Trinajstić information content (AvgIpc) is 2.86. The number of ether oxygens (including phenoxy) is 1. The molecule has 22 heavy (non-hydrogen) atoms. The Kier molecular flexibility index (Phi) is 4.35. The summed E-state index contributed by atoms with van der Waals surface area (Å²) >= 11 is 0. The minimum atomic E-state index is -3.52. The first-order valence-electron chi connectivity index (χ1n) is 7.64. The van der Waals surface area contributed by atoms with Crippen molar-refractivity contribution in [2.24, 2.45) is 0 Å². The van der Waals surface area contributed by atoms with E-state index < -0.39 is 10.0 Å². The minimum absolute atomic E-state index is 0.164. The molecule has 0 spiro atoms. The molecule has 7 heteroatoms. The lowest BCUT2D eigenvalue weighted by Gasteiger charge is -2.20. The van der Waals surface area contributed by atoms with Crippen LogP contribution in [-0.2, 0) is 14.8 Å². The second kappa shape index (κ2) is 6.26. The van der Waals surface area contributed by atoms with Crippen LogP contribution in [0.1, 0.15) is 32.1 Å². The number of carbonyl (C=O) groups is 1. The Labute approximate surface area is 130 Å². The third-order valence-electron chi connectivity index (χ3n) is 4.01. The summed E-state index contributed by atoms with van der Waals surface area (Å²) in [6.07, 6.45) is 4.19. The van der Waals surface area contributed by atoms with Crippen molar-refractivity contribution in [3.63, 3.8) is 0 Å². The molecule has 0 unspecified atom stereocenters. The molecule has 2 aliphatic heterocycles. The summed E-state index contributed by atoms with van der Waals surface area (Å²) in [6.45, 7) is 1.42. The molecule has 1 aromatic rings. The Hall–Kier alpha value is -1.60. The first-order valence-corrected chi connectivity index (χ1v) is 9.08. The van der Waals surface area contributed by atoms with Crippen molar-refractivity contribution in [3.05, 3.63) is 18.2 Å². The van der Waals surface area contributed by atoms with Gasteiger partial charge >= 0.3 is 0 Å². The summed E-state index contributed by atoms with van der Waals surface area (Å²) in [7, 11) is -3.52. The van der Waals surface area contributed by atoms with Gasteiger partial charge in [0, 0.05) is 13.1 Å². The normalized spacial score (nSPS) is 20.3. The Morgan fingerprint density at radius 3 is 2.55 bits per heavy atom. The number of fused-ring (bicyclic) bond motifs is 1. The highest BCUT2D eigenvalue weighted by atomic mass is 32.2. The maximum absolute atomic E-state index is 12.8. The number of hydrogen-bond donors (Lipinski definition) is 1. The number of anilines is 1. The van der Waals surface area contributed by atoms with Crippen molar-refractivity contribution in [3.8, 4) is 5.75 Å². The van der Waals surface area contributed by atoms with Crippen LogP contribution in [0, 0.1) is 0 Å². The molecular formula is C15H20N2O4S. The minimum Gasteiger partial charge on any atom is -0.491 e. The molecule has 1 fully saturated rings. The van der Waals surface area contributed by atoms with Gasteiger partial charge in [-0.25, -0.2) is 8.42 Å². The van der Waals surface area contributed by atoms with Gasteiger partial charge in [0.1, 0.15) is 5.75 Å². The molecule has 1 N–H and O–H groups in total. The standard InChI is InChI=1S/C15H20N2O4S/c18-15-7-10-21-14-6-5-12(11-13(14)16-15)22(19,20)17-8-3-1-2-4-9-17/h5-6,11H,1-4,7-10H2,(H,16,18). The highest BCUT2D eigenvalue weighted by Crippen LogP contribution is 2.31. The lowest BCUT2D eigenvalue weighted by molar-refractivity contribution is -0.116. The second-order valence-electron chi connectivity index (χ2n) is 5.62. The van der Waals surface area contributed by atoms with Gasteiger partial charge in [-0.15, -0.1) is 0 Å². The zero-order valence-electron chi connectivity index (χ0n) is 12.4. The van der Waals surface area contributed by atoms with Crippen molar-refractivity contribution >= 4 is 21.6 Å². The van der Waals surface area contributed by atoms with Gasteiger partial charge in [0.2, 0.25) is 15.9 Å². The van der Waals surface area contributed by atoms with Crippen molar-refractivity contribution in [1.82, 2.24) is 4.31 Å². The monoisotopic (exact) mass is 324 g/mol. The molecule has 0 aromatic heterocycles. The van der Waals surface area contributed by atoms with Crippen LogP contribution in [0.5, 0.6) is 5.75 Å². The summed E-state index contributed by atoms with van der Waals surface area (Å²) in [5, 5.41) is 2.70. The van der Waals surface area contributed by atoms with Crippen LogP contribution in [0.15, 0.2) is 23.1 Å². The summed E-state index contributed by atoms with van der Waals surface area (Å²) in [4.78, 5) is 11.8. The van der Waals surface area contributed by atoms with Gasteiger partial charge in [-0.05, 0) is 31.0 Å². The van der Waals surface area contributed by atoms with Crippen molar-refractivity contribution in [1.29, 1.82) is 0 Å². The van der Waals surface area contributed by atoms with E-state index in [9.17, 15) is 13.2 Å². The van der Waals surface area contributed by atoms with Gasteiger partial charge in [-0.1, -0.05) is 12.8 Å². The molecule has 0 radical (unpaired) electrons. The second-order valence-corrected chi connectivity index (χ2v) is 7.56. The van der Waals surface area contributed by atoms with E-state index in [2.05, 4.69) is 5.32 Å². The highest BCUT2D eigenvalue weighted by molar-refractivity contribution is 7.89. The molecule has 2 heterocycles. The fourth-order valence-electron chi connectivity index (χ4n) is 2.79. The summed E-state index contributed by atoms with van der Waals surface area (Å²) in [6, 6.07) is 4.67. The van der Waals surface area contributed by atoms with Crippen molar-refractivity contribution < 1.29 is 17.9 Å². The number of carbonyl (C=O) groups excluding carboxylic acids is 1. The predicted molar refractivity (Wildman–Crippen MR) is 82.4 cm³/mol. The third-order valence-corrected chi connectivity index (χ3v) is 5.91. The Morgan fingerprint density at radius 1 is 1.09 bits per heavy atom. The summed E-state index contributed by atoms with van der Waals surface area (Å²) < 4.78 is 32.5. The molecule has 0 atom stereocenters. The van der Waals surface area contributed by atoms with Gasteiger partial charge in [-0.3, -0.25) is 4.79 Å². The molecule has 1 aromatic carbocycles. The fraction of sp³-hybridized carbons (Fsp3) is 0.533. The smallest absolute Gasteiger partial charge is 0.243 e. The van der Waals surface area contributed by atoms with Crippen LogP contribution in [0.3, 0.4) is 0 Å². The van der Waals surface area contributed by atoms with Crippen LogP contribution < -0.4 is 10.1 Å². The Balaban J connectivity index is 1.92. The van der Waals surface area contributed by atoms with Crippen LogP contribution in [0.25, 0.3) is 0 Å². The first kappa shape index (κ1) is 15.3. The third kappa shape index (κ3) is 3.10. The molecule has 0 saturated carbocycles. The molecule has 1 amide bonds. The van der Waals surface area contributed by atoms with Gasteiger partial charge in [0.15, 0.2) is 0 Å². The molecule has 0 bridgehead atoms. The largest absolute Gasteiger partial charge is 0.491 e. The first-order chi connectivity index (χ1) is 10.6. The van der Waals surface area contributed by atoms with E-state index in [1.54, 1.807) is 16.4 Å². The fourth-order valence-corrected chi connectivity index (χ4v) is 4.33. The molecule has 2 aliphatic rings. The van der Waals surface area contributed by atoms with E-state index in [1.165, 1.54) is 6.07 Å². The van der Waals surface area contributed by atoms with Gasteiger partial charge < -0.3 is 10.1 Å². The van der Waals surface area contributed by atoms with Crippen molar-refractivity contribution in [2.45, 2.75) is 37.0 Å². The Bertz CT molecular complexity index is 664. The van der Waals surface area contributed by atoms with Gasteiger partial charge in [0.05, 0.1) is 23.6 Å². The molecule has 0 aliphatic carbocycles. The van der Waals surface area contributed by atoms with Crippen LogP contribution in [0.2, 0.25) is 0 Å². The van der Waals surface area contributed by atoms with E-state index >= 15 is 0 Å². The van der Waals surface area contributed by atoms with Gasteiger partial charge in [-0.2, -0.15) is 4.31 Å². The number of rotatable bonds is 2. The Morgan fingerprint density at radius 2 is 1.82 bits per heavy atom. The summed E-state index contributed by atoms with van der Waals surface area (Å²) in [5.74, 6) is 0.351. The van der Waals surface area contributed by atoms with Crippen LogP contribution in [0.4, 0.5) is 5.69 Å². The quantitative estimate of drug-likeness (QED) is 0.902. The van der Waals surface area contributed by atoms with Gasteiger partial charge in [0.25, 0.3) is 0 Å². The number of amides is 1. The maximum atomic E-state index is 12.8.